The van der Waals surface area contributed by atoms with Gasteiger partial charge in [0.1, 0.15) is 0 Å². The molecular weight excluding hydrogens is 392 g/mol. The number of amides is 2. The first kappa shape index (κ1) is 21.2. The average molecular weight is 423 g/mol. The molecule has 164 valence electrons. The Morgan fingerprint density at radius 2 is 1.94 bits per heavy atom. The van der Waals surface area contributed by atoms with Crippen molar-refractivity contribution in [1.82, 2.24) is 10.2 Å². The third kappa shape index (κ3) is 4.68. The van der Waals surface area contributed by atoms with Gasteiger partial charge in [-0.2, -0.15) is 0 Å². The van der Waals surface area contributed by atoms with Crippen molar-refractivity contribution in [1.29, 1.82) is 0 Å². The summed E-state index contributed by atoms with van der Waals surface area (Å²) in [6, 6.07) is 14.2. The number of hydrogen-bond acceptors (Lipinski definition) is 4. The zero-order valence-electron chi connectivity index (χ0n) is 18.2. The summed E-state index contributed by atoms with van der Waals surface area (Å²) >= 11 is 0. The maximum atomic E-state index is 12.9. The molecule has 0 radical (unpaired) electrons. The largest absolute Gasteiger partial charge is 0.493 e. The lowest BCUT2D eigenvalue weighted by molar-refractivity contribution is -0.129. The number of nitrogens with one attached hydrogen (secondary N) is 1. The van der Waals surface area contributed by atoms with Gasteiger partial charge in [-0.25, -0.2) is 0 Å². The molecule has 1 saturated heterocycles. The number of benzene rings is 2. The summed E-state index contributed by atoms with van der Waals surface area (Å²) in [6.07, 6.45) is 4.08. The van der Waals surface area contributed by atoms with Crippen molar-refractivity contribution in [2.24, 2.45) is 5.92 Å². The number of fused-ring (bicyclic) bond motifs is 1. The van der Waals surface area contributed by atoms with E-state index in [9.17, 15) is 9.59 Å². The zero-order chi connectivity index (χ0) is 21.8. The third-order valence-electron chi connectivity index (χ3n) is 6.39. The van der Waals surface area contributed by atoms with Crippen molar-refractivity contribution in [2.75, 3.05) is 27.3 Å². The molecule has 31 heavy (non-hydrogen) atoms. The molecule has 0 saturated carbocycles. The highest BCUT2D eigenvalue weighted by molar-refractivity contribution is 5.89. The highest BCUT2D eigenvalue weighted by Gasteiger charge is 2.35. The van der Waals surface area contributed by atoms with Crippen molar-refractivity contribution < 1.29 is 19.1 Å². The lowest BCUT2D eigenvalue weighted by Crippen LogP contribution is -2.37. The molecule has 1 aliphatic heterocycles. The van der Waals surface area contributed by atoms with E-state index in [1.54, 1.807) is 19.1 Å². The van der Waals surface area contributed by atoms with E-state index in [-0.39, 0.29) is 30.2 Å². The van der Waals surface area contributed by atoms with Gasteiger partial charge in [0.2, 0.25) is 11.8 Å². The lowest BCUT2D eigenvalue weighted by atomic mass is 9.87. The Kier molecular flexibility index (Phi) is 6.44. The lowest BCUT2D eigenvalue weighted by Gasteiger charge is -2.27. The molecule has 6 heteroatoms. The van der Waals surface area contributed by atoms with Crippen molar-refractivity contribution in [3.05, 3.63) is 59.2 Å². The number of nitrogens with zero attached hydrogens (tertiary/aromatic N) is 1. The Morgan fingerprint density at radius 1 is 1.13 bits per heavy atom. The smallest absolute Gasteiger partial charge is 0.225 e. The number of likely N-dealkylation sites (tertiary alicyclic amines) is 1. The fraction of sp³-hybridized carbons (Fsp3) is 0.440. The second-order valence-electron chi connectivity index (χ2n) is 8.33. The Labute approximate surface area is 183 Å². The molecule has 1 N–H and O–H groups in total. The van der Waals surface area contributed by atoms with E-state index in [0.29, 0.717) is 31.0 Å². The second kappa shape index (κ2) is 9.41. The summed E-state index contributed by atoms with van der Waals surface area (Å²) in [5, 5.41) is 3.21. The predicted octanol–water partition coefficient (Wildman–Crippen LogP) is 3.29. The highest BCUT2D eigenvalue weighted by Crippen LogP contribution is 2.31. The van der Waals surface area contributed by atoms with Gasteiger partial charge in [0, 0.05) is 19.5 Å². The van der Waals surface area contributed by atoms with Crippen LogP contribution in [0.2, 0.25) is 0 Å². The topological polar surface area (TPSA) is 67.9 Å². The first-order valence-electron chi connectivity index (χ1n) is 11.0. The molecule has 1 heterocycles. The summed E-state index contributed by atoms with van der Waals surface area (Å²) < 4.78 is 10.6. The number of hydrogen-bond donors (Lipinski definition) is 1. The Morgan fingerprint density at radius 3 is 2.74 bits per heavy atom. The Hall–Kier alpha value is -3.02. The standard InChI is InChI=1S/C25H30N2O4/c1-30-22-11-10-17(14-23(22)31-2)12-13-27-16-19(15-24(27)28)25(29)26-21-9-5-7-18-6-3-4-8-20(18)21/h3-4,6,8,10-11,14,19,21H,5,7,9,12-13,15-16H2,1-2H3,(H,26,29)/t19-,21+/m0/s1. The minimum atomic E-state index is -0.285. The van der Waals surface area contributed by atoms with Gasteiger partial charge in [-0.1, -0.05) is 30.3 Å². The van der Waals surface area contributed by atoms with Gasteiger partial charge >= 0.3 is 0 Å². The molecule has 0 bridgehead atoms. The van der Waals surface area contributed by atoms with Crippen molar-refractivity contribution >= 4 is 11.8 Å². The summed E-state index contributed by atoms with van der Waals surface area (Å²) in [4.78, 5) is 27.2. The molecule has 2 atom stereocenters. The van der Waals surface area contributed by atoms with Crippen LogP contribution < -0.4 is 14.8 Å². The summed E-state index contributed by atoms with van der Waals surface area (Å²) in [5.74, 6) is 1.11. The van der Waals surface area contributed by atoms with Crippen LogP contribution in [0, 0.1) is 5.92 Å². The van der Waals surface area contributed by atoms with Crippen LogP contribution in [0.4, 0.5) is 0 Å². The number of rotatable bonds is 7. The van der Waals surface area contributed by atoms with Crippen LogP contribution in [0.5, 0.6) is 11.5 Å². The highest BCUT2D eigenvalue weighted by atomic mass is 16.5. The van der Waals surface area contributed by atoms with Crippen LogP contribution in [0.1, 0.15) is 42.0 Å². The minimum Gasteiger partial charge on any atom is -0.493 e. The molecule has 6 nitrogen and oxygen atoms in total. The minimum absolute atomic E-state index is 0.0105. The van der Waals surface area contributed by atoms with E-state index in [1.807, 2.05) is 24.3 Å². The maximum absolute atomic E-state index is 12.9. The number of carbonyl (C=O) groups excluding carboxylic acids is 2. The van der Waals surface area contributed by atoms with Crippen LogP contribution in [-0.2, 0) is 22.4 Å². The number of ether oxygens (including phenoxy) is 2. The molecule has 2 amide bonds. The molecule has 2 aromatic rings. The van der Waals surface area contributed by atoms with E-state index in [1.165, 1.54) is 11.1 Å². The average Bonchev–Trinajstić information content (AvgIpc) is 3.18. The number of aryl methyl sites for hydroxylation is 1. The van der Waals surface area contributed by atoms with Gasteiger partial charge in [-0.05, 0) is 54.5 Å². The zero-order valence-corrected chi connectivity index (χ0v) is 18.2. The molecule has 2 aliphatic rings. The van der Waals surface area contributed by atoms with Gasteiger partial charge in [0.05, 0.1) is 26.2 Å². The van der Waals surface area contributed by atoms with Gasteiger partial charge in [-0.15, -0.1) is 0 Å². The molecule has 0 spiro atoms. The number of carbonyl (C=O) groups is 2. The molecule has 4 rings (SSSR count). The molecule has 0 aromatic heterocycles. The van der Waals surface area contributed by atoms with Gasteiger partial charge in [0.15, 0.2) is 11.5 Å². The monoisotopic (exact) mass is 422 g/mol. The van der Waals surface area contributed by atoms with E-state index in [0.717, 1.165) is 24.8 Å². The van der Waals surface area contributed by atoms with Gasteiger partial charge < -0.3 is 19.7 Å². The Balaban J connectivity index is 1.34. The van der Waals surface area contributed by atoms with Crippen LogP contribution in [0.15, 0.2) is 42.5 Å². The third-order valence-corrected chi connectivity index (χ3v) is 6.39. The second-order valence-corrected chi connectivity index (χ2v) is 8.33. The quantitative estimate of drug-likeness (QED) is 0.744. The SMILES string of the molecule is COc1ccc(CCN2C[C@@H](C(=O)N[C@@H]3CCCc4ccccc43)CC2=O)cc1OC. The summed E-state index contributed by atoms with van der Waals surface area (Å²) in [7, 11) is 3.22. The Bertz CT molecular complexity index is 958. The van der Waals surface area contributed by atoms with E-state index in [4.69, 9.17) is 9.47 Å². The van der Waals surface area contributed by atoms with Crippen molar-refractivity contribution in [3.8, 4) is 11.5 Å². The first-order chi connectivity index (χ1) is 15.1. The normalized spacial score (nSPS) is 20.3. The summed E-state index contributed by atoms with van der Waals surface area (Å²) in [5.41, 5.74) is 3.60. The number of methoxy groups -OCH3 is 2. The van der Waals surface area contributed by atoms with Gasteiger partial charge in [-0.3, -0.25) is 9.59 Å². The molecule has 1 fully saturated rings. The van der Waals surface area contributed by atoms with Crippen LogP contribution in [0.25, 0.3) is 0 Å². The fourth-order valence-electron chi connectivity index (χ4n) is 4.66. The molecule has 1 aliphatic carbocycles. The van der Waals surface area contributed by atoms with Crippen LogP contribution in [-0.4, -0.2) is 44.0 Å². The van der Waals surface area contributed by atoms with E-state index in [2.05, 4.69) is 23.5 Å². The fourth-order valence-corrected chi connectivity index (χ4v) is 4.66. The van der Waals surface area contributed by atoms with Gasteiger partial charge in [0.25, 0.3) is 0 Å². The van der Waals surface area contributed by atoms with Crippen molar-refractivity contribution in [3.63, 3.8) is 0 Å². The van der Waals surface area contributed by atoms with Crippen LogP contribution in [0.3, 0.4) is 0 Å². The van der Waals surface area contributed by atoms with Crippen molar-refractivity contribution in [2.45, 2.75) is 38.1 Å². The van der Waals surface area contributed by atoms with Crippen LogP contribution >= 0.6 is 0 Å². The van der Waals surface area contributed by atoms with E-state index >= 15 is 0 Å². The summed E-state index contributed by atoms with van der Waals surface area (Å²) in [6.45, 7) is 1.07. The molecule has 0 unspecified atom stereocenters. The first-order valence-corrected chi connectivity index (χ1v) is 11.0. The van der Waals surface area contributed by atoms with E-state index < -0.39 is 0 Å². The molecule has 2 aromatic carbocycles. The molecular formula is C25H30N2O4. The predicted molar refractivity (Wildman–Crippen MR) is 118 cm³/mol. The maximum Gasteiger partial charge on any atom is 0.225 e.